The average molecular weight is 645 g/mol. The number of nitrogens with two attached hydrogens (primary N) is 2. The number of hydrogen-bond acceptors (Lipinski definition) is 2. The fourth-order valence-corrected chi connectivity index (χ4v) is 7.58. The number of rotatable bonds is 21. The lowest BCUT2D eigenvalue weighted by atomic mass is 9.84. The molecule has 4 aromatic rings. The van der Waals surface area contributed by atoms with Crippen LogP contribution in [0.5, 0.6) is 0 Å². The molecule has 0 aliphatic carbocycles. The Morgan fingerprint density at radius 2 is 0.812 bits per heavy atom. The minimum Gasteiger partial charge on any atom is -0.399 e. The Hall–Kier alpha value is -3.52. The highest BCUT2D eigenvalue weighted by molar-refractivity contribution is 5.49. The second-order valence-corrected chi connectivity index (χ2v) is 14.4. The minimum absolute atomic E-state index is 0.454. The van der Waals surface area contributed by atoms with E-state index in [0.717, 1.165) is 11.4 Å². The normalized spacial score (nSPS) is 12.7. The van der Waals surface area contributed by atoms with Crippen LogP contribution < -0.4 is 11.5 Å². The Kier molecular flexibility index (Phi) is 15.6. The molecule has 2 nitrogen and oxygen atoms in total. The topological polar surface area (TPSA) is 52.0 Å². The van der Waals surface area contributed by atoms with Crippen LogP contribution in [0.25, 0.3) is 0 Å². The van der Waals surface area contributed by atoms with Gasteiger partial charge in [-0.3, -0.25) is 0 Å². The Labute approximate surface area is 293 Å². The second-order valence-electron chi connectivity index (χ2n) is 14.4. The van der Waals surface area contributed by atoms with Crippen molar-refractivity contribution in [2.24, 2.45) is 0 Å². The fourth-order valence-electron chi connectivity index (χ4n) is 7.58. The maximum Gasteiger partial charge on any atom is 0.0316 e. The monoisotopic (exact) mass is 645 g/mol. The summed E-state index contributed by atoms with van der Waals surface area (Å²) in [6.45, 7) is 8.99. The smallest absolute Gasteiger partial charge is 0.0316 e. The maximum absolute atomic E-state index is 6.07. The highest BCUT2D eigenvalue weighted by Crippen LogP contribution is 2.35. The Morgan fingerprint density at radius 3 is 1.17 bits per heavy atom. The zero-order valence-corrected chi connectivity index (χ0v) is 30.7. The van der Waals surface area contributed by atoms with Crippen molar-refractivity contribution in [2.45, 2.75) is 142 Å². The van der Waals surface area contributed by atoms with E-state index >= 15 is 0 Å². The summed E-state index contributed by atoms with van der Waals surface area (Å²) in [7, 11) is 0. The first-order valence-electron chi connectivity index (χ1n) is 19.3. The molecular formula is C46H64N2. The van der Waals surface area contributed by atoms with Crippen LogP contribution in [0.1, 0.15) is 160 Å². The van der Waals surface area contributed by atoms with Gasteiger partial charge >= 0.3 is 0 Å². The lowest BCUT2D eigenvalue weighted by Gasteiger charge is -2.21. The third-order valence-electron chi connectivity index (χ3n) is 10.5. The van der Waals surface area contributed by atoms with E-state index in [1.165, 1.54) is 147 Å². The minimum atomic E-state index is 0.454. The van der Waals surface area contributed by atoms with Crippen LogP contribution in [-0.4, -0.2) is 0 Å². The van der Waals surface area contributed by atoms with Gasteiger partial charge in [-0.1, -0.05) is 139 Å². The molecule has 0 saturated heterocycles. The zero-order valence-electron chi connectivity index (χ0n) is 30.7. The van der Waals surface area contributed by atoms with Gasteiger partial charge < -0.3 is 11.5 Å². The highest BCUT2D eigenvalue weighted by Gasteiger charge is 2.18. The summed E-state index contributed by atoms with van der Waals surface area (Å²) in [6, 6.07) is 32.0. The van der Waals surface area contributed by atoms with Gasteiger partial charge in [0.25, 0.3) is 0 Å². The van der Waals surface area contributed by atoms with Crippen molar-refractivity contribution in [1.82, 2.24) is 0 Å². The van der Waals surface area contributed by atoms with Gasteiger partial charge in [-0.15, -0.1) is 0 Å². The van der Waals surface area contributed by atoms with Gasteiger partial charge in [-0.05, 0) is 121 Å². The molecule has 2 unspecified atom stereocenters. The van der Waals surface area contributed by atoms with Gasteiger partial charge in [-0.25, -0.2) is 0 Å². The summed E-state index contributed by atoms with van der Waals surface area (Å²) in [5.74, 6) is 0.908. The number of unbranched alkanes of at least 4 members (excludes halogenated alkanes) is 9. The van der Waals surface area contributed by atoms with Crippen molar-refractivity contribution in [1.29, 1.82) is 0 Å². The summed E-state index contributed by atoms with van der Waals surface area (Å²) >= 11 is 0. The Bertz CT molecular complexity index is 1370. The molecule has 0 aliphatic rings. The van der Waals surface area contributed by atoms with Crippen LogP contribution in [0.3, 0.4) is 0 Å². The molecule has 0 heterocycles. The molecule has 0 saturated carbocycles. The third-order valence-corrected chi connectivity index (χ3v) is 10.5. The van der Waals surface area contributed by atoms with E-state index in [9.17, 15) is 0 Å². The van der Waals surface area contributed by atoms with E-state index in [2.05, 4.69) is 113 Å². The number of nitrogen functional groups attached to an aromatic ring is 2. The second kappa shape index (κ2) is 20.1. The molecule has 4 N–H and O–H groups in total. The van der Waals surface area contributed by atoms with E-state index < -0.39 is 0 Å². The van der Waals surface area contributed by atoms with Crippen molar-refractivity contribution >= 4 is 11.4 Å². The maximum atomic E-state index is 6.07. The van der Waals surface area contributed by atoms with Gasteiger partial charge in [0, 0.05) is 23.2 Å². The lowest BCUT2D eigenvalue weighted by Crippen LogP contribution is -2.05. The SMILES string of the molecule is CCCCCC(c1ccc(CCCCCCCCc2ccc(C(CCCCC)c3ccc(N)cc3C)cc2)cc1)c1ccc(N)cc1C. The molecule has 0 aliphatic heterocycles. The predicted octanol–water partition coefficient (Wildman–Crippen LogP) is 13.0. The number of benzene rings is 4. The third kappa shape index (κ3) is 11.6. The van der Waals surface area contributed by atoms with Crippen molar-refractivity contribution in [2.75, 3.05) is 11.5 Å². The fraction of sp³-hybridized carbons (Fsp3) is 0.478. The van der Waals surface area contributed by atoms with Crippen LogP contribution >= 0.6 is 0 Å². The van der Waals surface area contributed by atoms with Crippen LogP contribution in [0.2, 0.25) is 0 Å². The van der Waals surface area contributed by atoms with E-state index in [-0.39, 0.29) is 0 Å². The summed E-state index contributed by atoms with van der Waals surface area (Å²) < 4.78 is 0. The molecule has 4 rings (SSSR count). The highest BCUT2D eigenvalue weighted by atomic mass is 14.5. The van der Waals surface area contributed by atoms with Crippen molar-refractivity contribution in [3.63, 3.8) is 0 Å². The Balaban J connectivity index is 1.18. The van der Waals surface area contributed by atoms with E-state index in [0.29, 0.717) is 11.8 Å². The van der Waals surface area contributed by atoms with Gasteiger partial charge in [0.1, 0.15) is 0 Å². The summed E-state index contributed by atoms with van der Waals surface area (Å²) in [6.07, 6.45) is 20.3. The molecule has 258 valence electrons. The van der Waals surface area contributed by atoms with Crippen molar-refractivity contribution in [3.8, 4) is 0 Å². The van der Waals surface area contributed by atoms with E-state index in [4.69, 9.17) is 11.5 Å². The van der Waals surface area contributed by atoms with E-state index in [1.807, 2.05) is 0 Å². The largest absolute Gasteiger partial charge is 0.399 e. The van der Waals surface area contributed by atoms with Gasteiger partial charge in [0.2, 0.25) is 0 Å². The molecule has 0 amide bonds. The molecule has 48 heavy (non-hydrogen) atoms. The van der Waals surface area contributed by atoms with Crippen molar-refractivity contribution in [3.05, 3.63) is 129 Å². The van der Waals surface area contributed by atoms with Gasteiger partial charge in [0.15, 0.2) is 0 Å². The van der Waals surface area contributed by atoms with Crippen LogP contribution in [0.15, 0.2) is 84.9 Å². The molecule has 2 heteroatoms. The van der Waals surface area contributed by atoms with Gasteiger partial charge in [0.05, 0.1) is 0 Å². The first kappa shape index (κ1) is 37.3. The first-order valence-corrected chi connectivity index (χ1v) is 19.3. The lowest BCUT2D eigenvalue weighted by molar-refractivity contribution is 0.593. The van der Waals surface area contributed by atoms with Gasteiger partial charge in [-0.2, -0.15) is 0 Å². The number of hydrogen-bond donors (Lipinski definition) is 2. The molecule has 2 atom stereocenters. The summed E-state index contributed by atoms with van der Waals surface area (Å²) in [4.78, 5) is 0. The molecule has 0 fully saturated rings. The van der Waals surface area contributed by atoms with Crippen LogP contribution in [0, 0.1) is 13.8 Å². The molecule has 4 aromatic carbocycles. The number of anilines is 2. The first-order chi connectivity index (χ1) is 23.4. The quantitative estimate of drug-likeness (QED) is 0.0700. The molecule has 0 bridgehead atoms. The zero-order chi connectivity index (χ0) is 34.1. The van der Waals surface area contributed by atoms with Crippen molar-refractivity contribution < 1.29 is 0 Å². The van der Waals surface area contributed by atoms with Crippen LogP contribution in [-0.2, 0) is 12.8 Å². The molecule has 0 radical (unpaired) electrons. The molecule has 0 spiro atoms. The molecular weight excluding hydrogens is 581 g/mol. The number of aryl methyl sites for hydroxylation is 4. The summed E-state index contributed by atoms with van der Waals surface area (Å²) in [5.41, 5.74) is 25.2. The van der Waals surface area contributed by atoms with E-state index in [1.54, 1.807) is 0 Å². The standard InChI is InChI=1S/C46H64N2/c1-5-7-13-19-45(43-31-29-41(47)33-35(43)3)39-25-21-37(22-26-39)17-15-11-9-10-12-16-18-38-23-27-40(28-24-38)46(20-14-8-6-2)44-32-30-42(48)34-36(44)4/h21-34,45-46H,5-20,47-48H2,1-4H3. The molecule has 0 aromatic heterocycles. The summed E-state index contributed by atoms with van der Waals surface area (Å²) in [5, 5.41) is 0. The predicted molar refractivity (Wildman–Crippen MR) is 211 cm³/mol. The Morgan fingerprint density at radius 1 is 0.438 bits per heavy atom. The average Bonchev–Trinajstić information content (AvgIpc) is 3.08. The van der Waals surface area contributed by atoms with Crippen LogP contribution in [0.4, 0.5) is 11.4 Å².